The number of urea groups is 1. The summed E-state index contributed by atoms with van der Waals surface area (Å²) in [7, 11) is 0. The first-order chi connectivity index (χ1) is 22.5. The lowest BCUT2D eigenvalue weighted by molar-refractivity contribution is -0.268. The van der Waals surface area contributed by atoms with E-state index in [1.54, 1.807) is 0 Å². The van der Waals surface area contributed by atoms with E-state index < -0.39 is 6.29 Å². The predicted octanol–water partition coefficient (Wildman–Crippen LogP) is 8.23. The number of aromatic nitrogens is 1. The van der Waals surface area contributed by atoms with Crippen LogP contribution in [-0.2, 0) is 16.1 Å². The molecule has 9 heteroatoms. The Kier molecular flexibility index (Phi) is 10.1. The van der Waals surface area contributed by atoms with Crippen molar-refractivity contribution in [1.29, 1.82) is 0 Å². The van der Waals surface area contributed by atoms with Crippen LogP contribution in [0.1, 0.15) is 42.9 Å². The molecule has 1 aliphatic heterocycles. The summed E-state index contributed by atoms with van der Waals surface area (Å²) in [6.45, 7) is 4.50. The predicted molar refractivity (Wildman–Crippen MR) is 180 cm³/mol. The molecular formula is C37H37N3O5S. The lowest BCUT2D eigenvalue weighted by atomic mass is 9.91. The van der Waals surface area contributed by atoms with Gasteiger partial charge >= 0.3 is 6.03 Å². The fraction of sp³-hybridized carbons (Fsp3) is 0.243. The van der Waals surface area contributed by atoms with Crippen LogP contribution in [0.2, 0.25) is 0 Å². The number of hydrogen-bond donors (Lipinski definition) is 3. The lowest BCUT2D eigenvalue weighted by Gasteiger charge is -2.41. The molecule has 3 N–H and O–H groups in total. The molecule has 6 rings (SSSR count). The number of hydrogen-bond acceptors (Lipinski definition) is 7. The number of nitrogens with one attached hydrogen (secondary N) is 2. The first-order valence-corrected chi connectivity index (χ1v) is 16.4. The van der Waals surface area contributed by atoms with Crippen LogP contribution in [0.25, 0.3) is 22.6 Å². The number of nitrogens with zero attached hydrogens (tertiary/aromatic N) is 1. The zero-order valence-corrected chi connectivity index (χ0v) is 26.6. The Morgan fingerprint density at radius 1 is 0.870 bits per heavy atom. The highest BCUT2D eigenvalue weighted by atomic mass is 32.2. The smallest absolute Gasteiger partial charge is 0.319 e. The molecule has 0 spiro atoms. The molecule has 0 radical (unpaired) electrons. The van der Waals surface area contributed by atoms with Crippen LogP contribution in [0, 0.1) is 5.92 Å². The van der Waals surface area contributed by atoms with E-state index in [9.17, 15) is 9.90 Å². The van der Waals surface area contributed by atoms with E-state index in [-0.39, 0.29) is 30.8 Å². The molecule has 2 heterocycles. The first kappa shape index (κ1) is 31.6. The van der Waals surface area contributed by atoms with Gasteiger partial charge in [0.1, 0.15) is 5.69 Å². The van der Waals surface area contributed by atoms with Crippen molar-refractivity contribution >= 4 is 23.5 Å². The van der Waals surface area contributed by atoms with E-state index in [2.05, 4.69) is 17.6 Å². The summed E-state index contributed by atoms with van der Waals surface area (Å²) in [5, 5.41) is 15.8. The van der Waals surface area contributed by atoms with Crippen molar-refractivity contribution in [2.45, 2.75) is 44.2 Å². The fourth-order valence-electron chi connectivity index (χ4n) is 5.50. The van der Waals surface area contributed by atoms with Crippen LogP contribution < -0.4 is 10.6 Å². The molecule has 2 amide bonds. The molecule has 0 saturated carbocycles. The van der Waals surface area contributed by atoms with Gasteiger partial charge in [-0.15, -0.1) is 0 Å². The SMILES string of the molecule is CCNC(=O)Nc1cccc([C@@H]2O[C@H](CSc3nc(-c4ccccc4)c(-c4ccccc4)o3)[C@H](C)[C@H](c3ccc(CO)cc3)O2)c1. The molecule has 4 aromatic carbocycles. The maximum atomic E-state index is 12.2. The maximum absolute atomic E-state index is 12.2. The minimum absolute atomic E-state index is 0.0162. The average molecular weight is 636 g/mol. The van der Waals surface area contributed by atoms with Crippen molar-refractivity contribution in [2.24, 2.45) is 5.92 Å². The Labute approximate surface area is 273 Å². The van der Waals surface area contributed by atoms with Crippen LogP contribution in [0.5, 0.6) is 0 Å². The third kappa shape index (κ3) is 7.35. The summed E-state index contributed by atoms with van der Waals surface area (Å²) in [5.74, 6) is 1.29. The topological polar surface area (TPSA) is 106 Å². The maximum Gasteiger partial charge on any atom is 0.319 e. The first-order valence-electron chi connectivity index (χ1n) is 15.4. The number of thioether (sulfide) groups is 1. The number of benzene rings is 4. The summed E-state index contributed by atoms with van der Waals surface area (Å²) < 4.78 is 19.6. The van der Waals surface area contributed by atoms with Crippen molar-refractivity contribution in [3.05, 3.63) is 126 Å². The number of rotatable bonds is 10. The molecule has 1 aliphatic rings. The summed E-state index contributed by atoms with van der Waals surface area (Å²) >= 11 is 1.52. The molecule has 1 fully saturated rings. The van der Waals surface area contributed by atoms with Gasteiger partial charge in [-0.1, -0.05) is 116 Å². The highest BCUT2D eigenvalue weighted by Crippen LogP contribution is 2.44. The molecule has 236 valence electrons. The Morgan fingerprint density at radius 3 is 2.28 bits per heavy atom. The number of ether oxygens (including phenoxy) is 2. The minimum Gasteiger partial charge on any atom is -0.431 e. The highest BCUT2D eigenvalue weighted by molar-refractivity contribution is 7.99. The monoisotopic (exact) mass is 635 g/mol. The van der Waals surface area contributed by atoms with E-state index in [0.717, 1.165) is 39.3 Å². The molecule has 0 aliphatic carbocycles. The quantitative estimate of drug-likeness (QED) is 0.133. The van der Waals surface area contributed by atoms with E-state index in [1.165, 1.54) is 11.8 Å². The molecule has 0 bridgehead atoms. The minimum atomic E-state index is -0.676. The molecule has 4 atom stereocenters. The van der Waals surface area contributed by atoms with E-state index >= 15 is 0 Å². The second kappa shape index (κ2) is 14.8. The number of carbonyl (C=O) groups is 1. The number of anilines is 1. The Balaban J connectivity index is 1.28. The molecule has 0 unspecified atom stereocenters. The van der Waals surface area contributed by atoms with Gasteiger partial charge in [-0.25, -0.2) is 9.78 Å². The summed E-state index contributed by atoms with van der Waals surface area (Å²) in [6, 6.07) is 35.1. The Hall–Kier alpha value is -4.41. The van der Waals surface area contributed by atoms with Gasteiger partial charge in [-0.05, 0) is 30.2 Å². The highest BCUT2D eigenvalue weighted by Gasteiger charge is 2.39. The molecule has 1 aromatic heterocycles. The fourth-order valence-corrected chi connectivity index (χ4v) is 6.49. The average Bonchev–Trinajstić information content (AvgIpc) is 3.53. The van der Waals surface area contributed by atoms with Crippen LogP contribution in [0.4, 0.5) is 10.5 Å². The second-order valence-electron chi connectivity index (χ2n) is 11.1. The van der Waals surface area contributed by atoms with Gasteiger partial charge in [-0.3, -0.25) is 0 Å². The second-order valence-corrected chi connectivity index (χ2v) is 12.1. The third-order valence-electron chi connectivity index (χ3n) is 7.94. The number of amides is 2. The van der Waals surface area contributed by atoms with Crippen LogP contribution >= 0.6 is 11.8 Å². The van der Waals surface area contributed by atoms with E-state index in [0.29, 0.717) is 23.2 Å². The number of aliphatic hydroxyl groups excluding tert-OH is 1. The Morgan fingerprint density at radius 2 is 1.59 bits per heavy atom. The normalized spacial score (nSPS) is 19.5. The molecule has 1 saturated heterocycles. The number of aliphatic hydroxyl groups is 1. The van der Waals surface area contributed by atoms with Crippen molar-refractivity contribution in [1.82, 2.24) is 10.3 Å². The standard InChI is InChI=1S/C37H37N3O5S/c1-3-38-36(42)39-30-16-10-15-29(21-30)35-43-31(24(2)33(44-35)28-19-17-25(22-41)18-20-28)23-46-37-40-32(26-11-6-4-7-12-26)34(45-37)27-13-8-5-9-14-27/h4-21,24,31,33,35,41H,3,22-23H2,1-2H3,(H2,38,39,42)/t24-,31+,33+,35+/m0/s1. The number of carbonyl (C=O) groups excluding carboxylic acids is 1. The Bertz CT molecular complexity index is 1670. The third-order valence-corrected chi connectivity index (χ3v) is 8.86. The van der Waals surface area contributed by atoms with Crippen molar-refractivity contribution < 1.29 is 23.8 Å². The van der Waals surface area contributed by atoms with Crippen molar-refractivity contribution in [3.63, 3.8) is 0 Å². The van der Waals surface area contributed by atoms with Crippen LogP contribution in [0.15, 0.2) is 119 Å². The van der Waals surface area contributed by atoms with E-state index in [1.807, 2.05) is 116 Å². The van der Waals surface area contributed by atoms with Gasteiger partial charge in [0.05, 0.1) is 18.8 Å². The molecule has 5 aromatic rings. The lowest BCUT2D eigenvalue weighted by Crippen LogP contribution is -2.38. The zero-order valence-electron chi connectivity index (χ0n) is 25.8. The van der Waals surface area contributed by atoms with Crippen LogP contribution in [0.3, 0.4) is 0 Å². The van der Waals surface area contributed by atoms with Gasteiger partial charge in [-0.2, -0.15) is 0 Å². The summed E-state index contributed by atoms with van der Waals surface area (Å²) in [4.78, 5) is 17.1. The van der Waals surface area contributed by atoms with Gasteiger partial charge in [0.25, 0.3) is 5.22 Å². The van der Waals surface area contributed by atoms with Crippen molar-refractivity contribution in [2.75, 3.05) is 17.6 Å². The largest absolute Gasteiger partial charge is 0.431 e. The number of oxazole rings is 1. The summed E-state index contributed by atoms with van der Waals surface area (Å²) in [5.41, 5.74) is 6.02. The van der Waals surface area contributed by atoms with E-state index in [4.69, 9.17) is 18.9 Å². The van der Waals surface area contributed by atoms with Crippen molar-refractivity contribution in [3.8, 4) is 22.6 Å². The molecule has 46 heavy (non-hydrogen) atoms. The van der Waals surface area contributed by atoms with Gasteiger partial charge < -0.3 is 29.6 Å². The molecular weight excluding hydrogens is 598 g/mol. The van der Waals surface area contributed by atoms with Gasteiger partial charge in [0.15, 0.2) is 12.1 Å². The summed E-state index contributed by atoms with van der Waals surface area (Å²) in [6.07, 6.45) is -1.18. The van der Waals surface area contributed by atoms with Crippen LogP contribution in [-0.4, -0.2) is 34.5 Å². The molecule has 8 nitrogen and oxygen atoms in total. The van der Waals surface area contributed by atoms with Gasteiger partial charge in [0.2, 0.25) is 0 Å². The van der Waals surface area contributed by atoms with Gasteiger partial charge in [0, 0.05) is 40.6 Å². The zero-order chi connectivity index (χ0) is 31.9.